The quantitative estimate of drug-likeness (QED) is 0.342. The zero-order valence-corrected chi connectivity index (χ0v) is 18.4. The summed E-state index contributed by atoms with van der Waals surface area (Å²) in [5.41, 5.74) is 5.88. The van der Waals surface area contributed by atoms with Crippen LogP contribution in [0.5, 0.6) is 5.75 Å². The molecule has 2 aromatic rings. The van der Waals surface area contributed by atoms with Crippen LogP contribution in [0.3, 0.4) is 0 Å². The van der Waals surface area contributed by atoms with Gasteiger partial charge in [-0.2, -0.15) is 0 Å². The Morgan fingerprint density at radius 2 is 1.28 bits per heavy atom. The third-order valence-corrected chi connectivity index (χ3v) is 4.57. The van der Waals surface area contributed by atoms with Crippen LogP contribution in [0.2, 0.25) is 0 Å². The summed E-state index contributed by atoms with van der Waals surface area (Å²) in [6.07, 6.45) is 0.126. The number of ether oxygens (including phenoxy) is 1. The largest absolute Gasteiger partial charge is 0.420 e. The van der Waals surface area contributed by atoms with E-state index in [2.05, 4.69) is 0 Å². The van der Waals surface area contributed by atoms with Crippen molar-refractivity contribution in [2.24, 2.45) is 0 Å². The minimum absolute atomic E-state index is 0.115. The lowest BCUT2D eigenvalue weighted by molar-refractivity contribution is -0.129. The Balaban J connectivity index is 0.000000612. The number of esters is 1. The first-order chi connectivity index (χ1) is 13.5. The van der Waals surface area contributed by atoms with E-state index < -0.39 is 17.9 Å². The first-order valence-electron chi connectivity index (χ1n) is 9.72. The van der Waals surface area contributed by atoms with Gasteiger partial charge in [0.15, 0.2) is 0 Å². The number of carbonyl (C=O) groups excluding carboxylic acids is 2. The van der Waals surface area contributed by atoms with E-state index in [9.17, 15) is 9.59 Å². The monoisotopic (exact) mass is 400 g/mol. The van der Waals surface area contributed by atoms with Crippen molar-refractivity contribution in [2.75, 3.05) is 6.61 Å². The molecular formula is C24H32O5. The number of hydrogen-bond donors (Lipinski definition) is 2. The van der Waals surface area contributed by atoms with Crippen LogP contribution in [0.1, 0.15) is 57.1 Å². The average Bonchev–Trinajstić information content (AvgIpc) is 2.63. The van der Waals surface area contributed by atoms with Crippen LogP contribution in [0.25, 0.3) is 0 Å². The summed E-state index contributed by atoms with van der Waals surface area (Å²) in [6.45, 7) is 13.1. The minimum Gasteiger partial charge on any atom is -0.420 e. The van der Waals surface area contributed by atoms with Gasteiger partial charge < -0.3 is 14.9 Å². The maximum Gasteiger partial charge on any atom is 0.385 e. The second-order valence-electron chi connectivity index (χ2n) is 7.46. The Labute approximate surface area is 173 Å². The summed E-state index contributed by atoms with van der Waals surface area (Å²) in [6, 6.07) is 7.66. The number of benzene rings is 2. The molecule has 0 spiro atoms. The van der Waals surface area contributed by atoms with E-state index in [1.54, 1.807) is 0 Å². The maximum absolute atomic E-state index is 12.5. The van der Waals surface area contributed by atoms with Gasteiger partial charge in [0.2, 0.25) is 0 Å². The fourth-order valence-electron chi connectivity index (χ4n) is 3.24. The Bertz CT molecular complexity index is 833. The highest BCUT2D eigenvalue weighted by atomic mass is 16.5. The molecule has 2 aromatic carbocycles. The van der Waals surface area contributed by atoms with Gasteiger partial charge in [-0.25, -0.2) is 4.79 Å². The fraction of sp³-hybridized carbons (Fsp3) is 0.417. The summed E-state index contributed by atoms with van der Waals surface area (Å²) < 4.78 is 5.40. The summed E-state index contributed by atoms with van der Waals surface area (Å²) >= 11 is 0. The number of rotatable bonds is 5. The standard InChI is InChI=1S/C20H22O3.C4H10O2/c1-11-7-13(3)17(14(4)8-11)18(21)20(22)23-19-15(5)9-12(2)10-16(19)6;1-2-4(6)3-5/h7-10H,1-6H3;4-6H,2-3H2,1H3. The van der Waals surface area contributed by atoms with Gasteiger partial charge >= 0.3 is 5.97 Å². The van der Waals surface area contributed by atoms with Gasteiger partial charge in [-0.1, -0.05) is 42.3 Å². The molecular weight excluding hydrogens is 368 g/mol. The lowest BCUT2D eigenvalue weighted by Gasteiger charge is -2.13. The molecule has 0 aliphatic heterocycles. The van der Waals surface area contributed by atoms with Crippen LogP contribution >= 0.6 is 0 Å². The normalized spacial score (nSPS) is 11.3. The Morgan fingerprint density at radius 3 is 1.62 bits per heavy atom. The first-order valence-corrected chi connectivity index (χ1v) is 9.72. The number of carbonyl (C=O) groups is 2. The molecule has 0 aliphatic carbocycles. The highest BCUT2D eigenvalue weighted by Gasteiger charge is 2.24. The second-order valence-corrected chi connectivity index (χ2v) is 7.46. The zero-order chi connectivity index (χ0) is 22.3. The molecule has 29 heavy (non-hydrogen) atoms. The fourth-order valence-corrected chi connectivity index (χ4v) is 3.24. The molecule has 5 nitrogen and oxygen atoms in total. The van der Waals surface area contributed by atoms with Crippen molar-refractivity contribution in [2.45, 2.75) is 61.0 Å². The van der Waals surface area contributed by atoms with Gasteiger partial charge in [0.05, 0.1) is 12.7 Å². The zero-order valence-electron chi connectivity index (χ0n) is 18.4. The molecule has 158 valence electrons. The molecule has 2 rings (SSSR count). The van der Waals surface area contributed by atoms with Crippen molar-refractivity contribution in [1.29, 1.82) is 0 Å². The lowest BCUT2D eigenvalue weighted by Crippen LogP contribution is -2.23. The summed E-state index contributed by atoms with van der Waals surface area (Å²) in [4.78, 5) is 24.8. The van der Waals surface area contributed by atoms with Crippen LogP contribution in [0.15, 0.2) is 24.3 Å². The molecule has 1 unspecified atom stereocenters. The van der Waals surface area contributed by atoms with E-state index in [0.717, 1.165) is 33.4 Å². The predicted molar refractivity (Wildman–Crippen MR) is 115 cm³/mol. The summed E-state index contributed by atoms with van der Waals surface area (Å²) in [7, 11) is 0. The van der Waals surface area contributed by atoms with E-state index in [-0.39, 0.29) is 6.61 Å². The first kappa shape index (κ1) is 24.5. The lowest BCUT2D eigenvalue weighted by atomic mass is 9.96. The van der Waals surface area contributed by atoms with Gasteiger partial charge in [0.25, 0.3) is 5.78 Å². The summed E-state index contributed by atoms with van der Waals surface area (Å²) in [5.74, 6) is -0.967. The van der Waals surface area contributed by atoms with Crippen molar-refractivity contribution in [1.82, 2.24) is 0 Å². The Kier molecular flexibility index (Phi) is 9.21. The number of aliphatic hydroxyl groups excluding tert-OH is 2. The van der Waals surface area contributed by atoms with E-state index in [0.29, 0.717) is 17.7 Å². The van der Waals surface area contributed by atoms with E-state index in [1.807, 2.05) is 72.7 Å². The van der Waals surface area contributed by atoms with E-state index in [1.165, 1.54) is 0 Å². The van der Waals surface area contributed by atoms with Gasteiger partial charge in [0, 0.05) is 5.56 Å². The highest BCUT2D eigenvalue weighted by molar-refractivity contribution is 6.41. The molecule has 0 saturated heterocycles. The van der Waals surface area contributed by atoms with Gasteiger partial charge in [-0.15, -0.1) is 0 Å². The number of Topliss-reactive ketones (excluding diaryl/α,β-unsaturated/α-hetero) is 1. The van der Waals surface area contributed by atoms with Crippen molar-refractivity contribution in [3.05, 3.63) is 63.2 Å². The SMILES string of the molecule is CCC(O)CO.Cc1cc(C)c(OC(=O)C(=O)c2c(C)cc(C)cc2C)c(C)c1. The molecule has 5 heteroatoms. The molecule has 1 atom stereocenters. The van der Waals surface area contributed by atoms with Gasteiger partial charge in [-0.3, -0.25) is 4.79 Å². The molecule has 0 bridgehead atoms. The van der Waals surface area contributed by atoms with Gasteiger partial charge in [-0.05, 0) is 70.2 Å². The Hall–Kier alpha value is -2.50. The highest BCUT2D eigenvalue weighted by Crippen LogP contribution is 2.25. The second kappa shape index (κ2) is 10.9. The van der Waals surface area contributed by atoms with E-state index >= 15 is 0 Å². The van der Waals surface area contributed by atoms with Crippen LogP contribution in [-0.4, -0.2) is 34.7 Å². The van der Waals surface area contributed by atoms with Crippen LogP contribution < -0.4 is 4.74 Å². The van der Waals surface area contributed by atoms with Crippen molar-refractivity contribution in [3.63, 3.8) is 0 Å². The van der Waals surface area contributed by atoms with Crippen molar-refractivity contribution in [3.8, 4) is 5.75 Å². The summed E-state index contributed by atoms with van der Waals surface area (Å²) in [5, 5.41) is 16.5. The molecule has 0 amide bonds. The maximum atomic E-state index is 12.5. The average molecular weight is 401 g/mol. The van der Waals surface area contributed by atoms with Crippen LogP contribution in [0, 0.1) is 41.5 Å². The number of aliphatic hydroxyl groups is 2. The molecule has 0 aromatic heterocycles. The van der Waals surface area contributed by atoms with Gasteiger partial charge in [0.1, 0.15) is 5.75 Å². The topological polar surface area (TPSA) is 83.8 Å². The predicted octanol–water partition coefficient (Wildman–Crippen LogP) is 4.08. The number of hydrogen-bond acceptors (Lipinski definition) is 5. The number of ketones is 1. The smallest absolute Gasteiger partial charge is 0.385 e. The van der Waals surface area contributed by atoms with Crippen LogP contribution in [-0.2, 0) is 4.79 Å². The molecule has 0 aliphatic rings. The molecule has 0 radical (unpaired) electrons. The van der Waals surface area contributed by atoms with Crippen molar-refractivity contribution >= 4 is 11.8 Å². The molecule has 0 heterocycles. The minimum atomic E-state index is -0.838. The molecule has 0 saturated carbocycles. The third-order valence-electron chi connectivity index (χ3n) is 4.57. The van der Waals surface area contributed by atoms with Crippen LogP contribution in [0.4, 0.5) is 0 Å². The molecule has 0 fully saturated rings. The van der Waals surface area contributed by atoms with E-state index in [4.69, 9.17) is 14.9 Å². The van der Waals surface area contributed by atoms with Crippen molar-refractivity contribution < 1.29 is 24.5 Å². The molecule has 2 N–H and O–H groups in total. The number of aryl methyl sites for hydroxylation is 6. The third kappa shape index (κ3) is 6.80. The Morgan fingerprint density at radius 1 is 0.862 bits per heavy atom.